The summed E-state index contributed by atoms with van der Waals surface area (Å²) < 4.78 is 5.36. The maximum Gasteiger partial charge on any atom is 0.306 e. The summed E-state index contributed by atoms with van der Waals surface area (Å²) in [5.74, 6) is -0.705. The van der Waals surface area contributed by atoms with Gasteiger partial charge in [-0.1, -0.05) is 13.8 Å². The zero-order valence-electron chi connectivity index (χ0n) is 11.5. The molecule has 0 radical (unpaired) electrons. The van der Waals surface area contributed by atoms with Gasteiger partial charge in [0.1, 0.15) is 4.88 Å². The zero-order chi connectivity index (χ0) is 14.7. The predicted octanol–water partition coefficient (Wildman–Crippen LogP) is 1.58. The van der Waals surface area contributed by atoms with Gasteiger partial charge in [-0.25, -0.2) is 4.98 Å². The fourth-order valence-corrected chi connectivity index (χ4v) is 2.92. The van der Waals surface area contributed by atoms with Gasteiger partial charge in [0.25, 0.3) is 5.91 Å². The first kappa shape index (κ1) is 14.9. The Morgan fingerprint density at radius 2 is 2.35 bits per heavy atom. The van der Waals surface area contributed by atoms with Crippen LogP contribution in [-0.4, -0.2) is 52.7 Å². The van der Waals surface area contributed by atoms with Gasteiger partial charge in [0.2, 0.25) is 0 Å². The van der Waals surface area contributed by atoms with E-state index in [1.165, 1.54) is 11.3 Å². The monoisotopic (exact) mass is 298 g/mol. The van der Waals surface area contributed by atoms with E-state index in [-0.39, 0.29) is 12.3 Å². The van der Waals surface area contributed by atoms with Crippen LogP contribution in [-0.2, 0) is 9.53 Å². The largest absolute Gasteiger partial charge is 0.481 e. The molecule has 1 aliphatic rings. The smallest absolute Gasteiger partial charge is 0.306 e. The Morgan fingerprint density at radius 1 is 1.60 bits per heavy atom. The minimum Gasteiger partial charge on any atom is -0.481 e. The van der Waals surface area contributed by atoms with E-state index in [1.807, 2.05) is 13.8 Å². The lowest BCUT2D eigenvalue weighted by Gasteiger charge is -2.31. The lowest BCUT2D eigenvalue weighted by Crippen LogP contribution is -2.46. The Hall–Kier alpha value is -1.47. The van der Waals surface area contributed by atoms with Crippen molar-refractivity contribution in [1.29, 1.82) is 0 Å². The molecule has 2 rings (SSSR count). The number of morpholine rings is 1. The molecule has 7 heteroatoms. The van der Waals surface area contributed by atoms with E-state index in [0.717, 1.165) is 5.01 Å². The standard InChI is InChI=1S/C13H18N2O4S/c1-8(2)12-14-6-10(20-12)13(18)15-3-4-19-9(7-15)5-11(16)17/h6,8-9H,3-5,7H2,1-2H3,(H,16,17). The number of hydrogen-bond donors (Lipinski definition) is 1. The molecule has 0 aliphatic carbocycles. The van der Waals surface area contributed by atoms with E-state index < -0.39 is 12.1 Å². The van der Waals surface area contributed by atoms with Gasteiger partial charge in [-0.3, -0.25) is 9.59 Å². The number of ether oxygens (including phenoxy) is 1. The number of thiazole rings is 1. The van der Waals surface area contributed by atoms with Crippen molar-refractivity contribution in [3.63, 3.8) is 0 Å². The highest BCUT2D eigenvalue weighted by atomic mass is 32.1. The summed E-state index contributed by atoms with van der Waals surface area (Å²) in [4.78, 5) is 29.6. The first-order valence-corrected chi connectivity index (χ1v) is 7.37. The molecule has 0 bridgehead atoms. The van der Waals surface area contributed by atoms with Gasteiger partial charge in [0.15, 0.2) is 0 Å². The average molecular weight is 298 g/mol. The van der Waals surface area contributed by atoms with Crippen LogP contribution < -0.4 is 0 Å². The third-order valence-electron chi connectivity index (χ3n) is 3.06. The molecule has 0 spiro atoms. The summed E-state index contributed by atoms with van der Waals surface area (Å²) in [6.07, 6.45) is 1.09. The molecule has 1 amide bonds. The van der Waals surface area contributed by atoms with E-state index in [0.29, 0.717) is 30.5 Å². The summed E-state index contributed by atoms with van der Waals surface area (Å²) in [5.41, 5.74) is 0. The number of nitrogens with zero attached hydrogens (tertiary/aromatic N) is 2. The van der Waals surface area contributed by atoms with Crippen LogP contribution in [0, 0.1) is 0 Å². The molecule has 1 unspecified atom stereocenters. The van der Waals surface area contributed by atoms with Gasteiger partial charge < -0.3 is 14.7 Å². The number of carboxylic acid groups (broad SMARTS) is 1. The van der Waals surface area contributed by atoms with Crippen LogP contribution in [0.1, 0.15) is 40.9 Å². The van der Waals surface area contributed by atoms with Crippen molar-refractivity contribution in [2.45, 2.75) is 32.3 Å². The number of amides is 1. The summed E-state index contributed by atoms with van der Waals surface area (Å²) in [7, 11) is 0. The first-order chi connectivity index (χ1) is 9.47. The SMILES string of the molecule is CC(C)c1ncc(C(=O)N2CCOC(CC(=O)O)C2)s1. The lowest BCUT2D eigenvalue weighted by molar-refractivity contribution is -0.141. The van der Waals surface area contributed by atoms with Gasteiger partial charge in [-0.05, 0) is 0 Å². The molecule has 1 aliphatic heterocycles. The quantitative estimate of drug-likeness (QED) is 0.913. The highest BCUT2D eigenvalue weighted by Gasteiger charge is 2.27. The number of aliphatic carboxylic acids is 1. The van der Waals surface area contributed by atoms with Crippen molar-refractivity contribution in [2.75, 3.05) is 19.7 Å². The van der Waals surface area contributed by atoms with E-state index >= 15 is 0 Å². The number of rotatable bonds is 4. The molecule has 1 atom stereocenters. The molecule has 0 saturated carbocycles. The number of carboxylic acids is 1. The molecule has 20 heavy (non-hydrogen) atoms. The number of aromatic nitrogens is 1. The van der Waals surface area contributed by atoms with Gasteiger partial charge >= 0.3 is 5.97 Å². The van der Waals surface area contributed by atoms with Crippen molar-refractivity contribution >= 4 is 23.2 Å². The molecule has 1 aromatic rings. The molecule has 1 fully saturated rings. The van der Waals surface area contributed by atoms with Crippen molar-refractivity contribution < 1.29 is 19.4 Å². The predicted molar refractivity (Wildman–Crippen MR) is 74.1 cm³/mol. The second-order valence-electron chi connectivity index (χ2n) is 5.06. The van der Waals surface area contributed by atoms with Gasteiger partial charge in [-0.2, -0.15) is 0 Å². The molecular weight excluding hydrogens is 280 g/mol. The summed E-state index contributed by atoms with van der Waals surface area (Å²) in [5, 5.41) is 9.71. The molecule has 6 nitrogen and oxygen atoms in total. The number of carbonyl (C=O) groups is 2. The Bertz CT molecular complexity index is 500. The van der Waals surface area contributed by atoms with Crippen LogP contribution in [0.3, 0.4) is 0 Å². The fourth-order valence-electron chi connectivity index (χ4n) is 2.03. The first-order valence-electron chi connectivity index (χ1n) is 6.55. The van der Waals surface area contributed by atoms with Gasteiger partial charge in [0, 0.05) is 19.0 Å². The van der Waals surface area contributed by atoms with Crippen LogP contribution in [0.25, 0.3) is 0 Å². The van der Waals surface area contributed by atoms with Crippen LogP contribution in [0.15, 0.2) is 6.20 Å². The highest BCUT2D eigenvalue weighted by Crippen LogP contribution is 2.23. The van der Waals surface area contributed by atoms with Gasteiger partial charge in [0.05, 0.1) is 30.3 Å². The average Bonchev–Trinajstić information content (AvgIpc) is 2.87. The second-order valence-corrected chi connectivity index (χ2v) is 6.12. The van der Waals surface area contributed by atoms with E-state index in [1.54, 1.807) is 11.1 Å². The Balaban J connectivity index is 2.02. The van der Waals surface area contributed by atoms with Gasteiger partial charge in [-0.15, -0.1) is 11.3 Å². The normalized spacial score (nSPS) is 19.4. The Labute approximate surface area is 121 Å². The van der Waals surface area contributed by atoms with E-state index in [2.05, 4.69) is 4.98 Å². The van der Waals surface area contributed by atoms with Crippen LogP contribution in [0.4, 0.5) is 0 Å². The Morgan fingerprint density at radius 3 is 2.95 bits per heavy atom. The zero-order valence-corrected chi connectivity index (χ0v) is 12.4. The highest BCUT2D eigenvalue weighted by molar-refractivity contribution is 7.13. The molecule has 1 aromatic heterocycles. The summed E-state index contributed by atoms with van der Waals surface area (Å²) >= 11 is 1.40. The lowest BCUT2D eigenvalue weighted by atomic mass is 10.2. The maximum absolute atomic E-state index is 12.4. The fraction of sp³-hybridized carbons (Fsp3) is 0.615. The van der Waals surface area contributed by atoms with Crippen molar-refractivity contribution in [3.8, 4) is 0 Å². The van der Waals surface area contributed by atoms with Crippen molar-refractivity contribution in [2.24, 2.45) is 0 Å². The van der Waals surface area contributed by atoms with E-state index in [9.17, 15) is 9.59 Å². The Kier molecular flexibility index (Phi) is 4.72. The third-order valence-corrected chi connectivity index (χ3v) is 4.34. The summed E-state index contributed by atoms with van der Waals surface area (Å²) in [6.45, 7) is 5.25. The maximum atomic E-state index is 12.4. The molecular formula is C13H18N2O4S. The second kappa shape index (κ2) is 6.32. The van der Waals surface area contributed by atoms with Crippen LogP contribution in [0.2, 0.25) is 0 Å². The van der Waals surface area contributed by atoms with E-state index in [4.69, 9.17) is 9.84 Å². The molecule has 110 valence electrons. The van der Waals surface area contributed by atoms with Crippen molar-refractivity contribution in [3.05, 3.63) is 16.1 Å². The van der Waals surface area contributed by atoms with Crippen molar-refractivity contribution in [1.82, 2.24) is 9.88 Å². The molecule has 1 saturated heterocycles. The van der Waals surface area contributed by atoms with Crippen LogP contribution >= 0.6 is 11.3 Å². The minimum absolute atomic E-state index is 0.0796. The third kappa shape index (κ3) is 3.55. The molecule has 0 aromatic carbocycles. The minimum atomic E-state index is -0.913. The number of hydrogen-bond acceptors (Lipinski definition) is 5. The molecule has 1 N–H and O–H groups in total. The molecule has 2 heterocycles. The number of carbonyl (C=O) groups excluding carboxylic acids is 1. The summed E-state index contributed by atoms with van der Waals surface area (Å²) in [6, 6.07) is 0. The van der Waals surface area contributed by atoms with Crippen LogP contribution in [0.5, 0.6) is 0 Å². The topological polar surface area (TPSA) is 79.7 Å².